The molecule has 1 aliphatic heterocycles. The molecule has 1 aliphatic rings. The minimum Gasteiger partial charge on any atom is -0.454 e. The standard InChI is InChI=1S/C37H47FN4O9S2/c1-7-52(45,46)42(53(47,48)8-2)26-14-15-31(29(23-26)30-24-40(6)35(43)34-28(30)16-19-39-34)50-32-13-9-11-25(33(32)38)12-10-22-49-27-17-20-41(21-18-27)36(44)51-37(3,4)5/h9,11,13-16,19,23-24,27,39H,7-8,10,12,17-18,20-22H2,1-6H3. The van der Waals surface area contributed by atoms with Gasteiger partial charge in [0.2, 0.25) is 20.0 Å². The van der Waals surface area contributed by atoms with E-state index in [0.717, 1.165) is 0 Å². The molecular weight excluding hydrogens is 728 g/mol. The summed E-state index contributed by atoms with van der Waals surface area (Å²) in [6.45, 7) is 9.65. The summed E-state index contributed by atoms with van der Waals surface area (Å²) in [5.74, 6) is -1.53. The Bertz CT molecular complexity index is 2200. The van der Waals surface area contributed by atoms with E-state index in [1.165, 1.54) is 48.9 Å². The number of anilines is 1. The van der Waals surface area contributed by atoms with Crippen LogP contribution in [0.5, 0.6) is 11.5 Å². The van der Waals surface area contributed by atoms with Crippen molar-refractivity contribution in [2.24, 2.45) is 7.05 Å². The molecule has 16 heteroatoms. The minimum absolute atomic E-state index is 0.0193. The van der Waals surface area contributed by atoms with Crippen LogP contribution >= 0.6 is 0 Å². The maximum atomic E-state index is 16.0. The van der Waals surface area contributed by atoms with E-state index in [9.17, 15) is 26.4 Å². The maximum absolute atomic E-state index is 16.0. The number of aromatic nitrogens is 2. The van der Waals surface area contributed by atoms with Crippen molar-refractivity contribution in [2.45, 2.75) is 72.0 Å². The fourth-order valence-corrected chi connectivity index (χ4v) is 9.49. The van der Waals surface area contributed by atoms with Crippen LogP contribution in [0.1, 0.15) is 59.4 Å². The number of fused-ring (bicyclic) bond motifs is 1. The second-order valence-corrected chi connectivity index (χ2v) is 18.3. The number of piperidine rings is 1. The van der Waals surface area contributed by atoms with Gasteiger partial charge in [0.05, 0.1) is 23.3 Å². The minimum atomic E-state index is -4.29. The van der Waals surface area contributed by atoms with Crippen molar-refractivity contribution in [1.82, 2.24) is 14.5 Å². The smallest absolute Gasteiger partial charge is 0.410 e. The Labute approximate surface area is 309 Å². The molecule has 0 unspecified atom stereocenters. The van der Waals surface area contributed by atoms with E-state index in [1.807, 2.05) is 20.8 Å². The van der Waals surface area contributed by atoms with Gasteiger partial charge >= 0.3 is 6.09 Å². The van der Waals surface area contributed by atoms with Crippen LogP contribution in [-0.2, 0) is 43.0 Å². The molecule has 2 aromatic carbocycles. The summed E-state index contributed by atoms with van der Waals surface area (Å²) >= 11 is 0. The Morgan fingerprint density at radius 1 is 0.981 bits per heavy atom. The lowest BCUT2D eigenvalue weighted by Gasteiger charge is -2.33. The Morgan fingerprint density at radius 3 is 2.30 bits per heavy atom. The van der Waals surface area contributed by atoms with Crippen LogP contribution in [0.3, 0.4) is 0 Å². The van der Waals surface area contributed by atoms with Gasteiger partial charge in [-0.2, -0.15) is 3.71 Å². The van der Waals surface area contributed by atoms with Gasteiger partial charge in [0.1, 0.15) is 16.9 Å². The van der Waals surface area contributed by atoms with Crippen molar-refractivity contribution in [3.05, 3.63) is 76.6 Å². The van der Waals surface area contributed by atoms with Gasteiger partial charge < -0.3 is 28.7 Å². The molecular formula is C37H47FN4O9S2. The number of pyridine rings is 1. The van der Waals surface area contributed by atoms with Gasteiger partial charge in [-0.15, -0.1) is 0 Å². The number of hydrogen-bond donors (Lipinski definition) is 1. The van der Waals surface area contributed by atoms with E-state index < -0.39 is 43.0 Å². The first-order valence-corrected chi connectivity index (χ1v) is 20.8. The predicted molar refractivity (Wildman–Crippen MR) is 202 cm³/mol. The molecule has 288 valence electrons. The lowest BCUT2D eigenvalue weighted by atomic mass is 10.0. The molecule has 0 atom stereocenters. The summed E-state index contributed by atoms with van der Waals surface area (Å²) < 4.78 is 88.0. The average molecular weight is 775 g/mol. The van der Waals surface area contributed by atoms with E-state index in [4.69, 9.17) is 14.2 Å². The molecule has 0 spiro atoms. The topological polar surface area (TPSA) is 157 Å². The Kier molecular flexibility index (Phi) is 11.9. The Morgan fingerprint density at radius 2 is 1.66 bits per heavy atom. The number of carbonyl (C=O) groups is 1. The average Bonchev–Trinajstić information content (AvgIpc) is 3.60. The highest BCUT2D eigenvalue weighted by Gasteiger charge is 2.33. The summed E-state index contributed by atoms with van der Waals surface area (Å²) in [5, 5.41) is 0.475. The number of sulfonamides is 2. The quantitative estimate of drug-likeness (QED) is 0.154. The second kappa shape index (κ2) is 15.9. The summed E-state index contributed by atoms with van der Waals surface area (Å²) in [7, 11) is -7.03. The number of likely N-dealkylation sites (tertiary alicyclic amines) is 1. The lowest BCUT2D eigenvalue weighted by Crippen LogP contribution is -2.43. The van der Waals surface area contributed by atoms with Gasteiger partial charge in [-0.3, -0.25) is 4.79 Å². The van der Waals surface area contributed by atoms with Crippen LogP contribution in [0.15, 0.2) is 59.7 Å². The van der Waals surface area contributed by atoms with Crippen LogP contribution < -0.4 is 14.0 Å². The van der Waals surface area contributed by atoms with Crippen molar-refractivity contribution < 1.29 is 40.2 Å². The number of carbonyl (C=O) groups excluding carboxylic acids is 1. The molecule has 0 saturated carbocycles. The molecule has 13 nitrogen and oxygen atoms in total. The number of aromatic amines is 1. The molecule has 5 rings (SSSR count). The molecule has 2 aromatic heterocycles. The number of halogens is 1. The molecule has 1 N–H and O–H groups in total. The van der Waals surface area contributed by atoms with Crippen molar-refractivity contribution in [2.75, 3.05) is 34.9 Å². The largest absolute Gasteiger partial charge is 0.454 e. The number of benzene rings is 2. The number of rotatable bonds is 13. The van der Waals surface area contributed by atoms with Crippen molar-refractivity contribution in [3.8, 4) is 22.6 Å². The van der Waals surface area contributed by atoms with Gasteiger partial charge in [-0.1, -0.05) is 12.1 Å². The van der Waals surface area contributed by atoms with E-state index in [0.29, 0.717) is 65.6 Å². The summed E-state index contributed by atoms with van der Waals surface area (Å²) in [6.07, 6.45) is 5.00. The highest BCUT2D eigenvalue weighted by molar-refractivity contribution is 8.10. The highest BCUT2D eigenvalue weighted by atomic mass is 32.3. The maximum Gasteiger partial charge on any atom is 0.410 e. The van der Waals surface area contributed by atoms with E-state index in [2.05, 4.69) is 4.98 Å². The number of nitrogens with zero attached hydrogens (tertiary/aromatic N) is 3. The first-order valence-electron chi connectivity index (χ1n) is 17.6. The fraction of sp³-hybridized carbons (Fsp3) is 0.459. The van der Waals surface area contributed by atoms with Crippen molar-refractivity contribution in [3.63, 3.8) is 0 Å². The Balaban J connectivity index is 1.38. The highest BCUT2D eigenvalue weighted by Crippen LogP contribution is 2.41. The molecule has 1 amide bonds. The lowest BCUT2D eigenvalue weighted by molar-refractivity contribution is -0.0117. The molecule has 3 heterocycles. The van der Waals surface area contributed by atoms with Gasteiger partial charge in [0.15, 0.2) is 11.6 Å². The third-order valence-electron chi connectivity index (χ3n) is 8.89. The molecule has 1 fully saturated rings. The zero-order valence-electron chi connectivity index (χ0n) is 30.8. The Hall–Kier alpha value is -4.41. The number of aryl methyl sites for hydroxylation is 2. The van der Waals surface area contributed by atoms with Crippen LogP contribution in [0, 0.1) is 5.82 Å². The van der Waals surface area contributed by atoms with Gasteiger partial charge in [0, 0.05) is 55.7 Å². The zero-order chi connectivity index (χ0) is 38.7. The normalized spacial score (nSPS) is 14.4. The second-order valence-electron chi connectivity index (χ2n) is 13.9. The number of H-pyrrole nitrogens is 1. The van der Waals surface area contributed by atoms with Gasteiger partial charge in [-0.25, -0.2) is 26.0 Å². The third kappa shape index (κ3) is 9.04. The first kappa shape index (κ1) is 39.8. The van der Waals surface area contributed by atoms with E-state index in [1.54, 1.807) is 36.3 Å². The van der Waals surface area contributed by atoms with Gasteiger partial charge in [0.25, 0.3) is 5.56 Å². The zero-order valence-corrected chi connectivity index (χ0v) is 32.5. The fourth-order valence-electron chi connectivity index (χ4n) is 6.13. The molecule has 0 radical (unpaired) electrons. The summed E-state index contributed by atoms with van der Waals surface area (Å²) in [6, 6.07) is 10.5. The van der Waals surface area contributed by atoms with Crippen molar-refractivity contribution in [1.29, 1.82) is 0 Å². The van der Waals surface area contributed by atoms with Gasteiger partial charge in [-0.05, 0) is 96.2 Å². The number of hydrogen-bond acceptors (Lipinski definition) is 9. The van der Waals surface area contributed by atoms with Crippen LogP contribution in [0.25, 0.3) is 22.0 Å². The number of ether oxygens (including phenoxy) is 3. The summed E-state index contributed by atoms with van der Waals surface area (Å²) in [4.78, 5) is 29.8. The monoisotopic (exact) mass is 774 g/mol. The molecule has 0 bridgehead atoms. The number of nitrogens with one attached hydrogen (secondary N) is 1. The third-order valence-corrected chi connectivity index (χ3v) is 13.1. The van der Waals surface area contributed by atoms with Crippen molar-refractivity contribution >= 4 is 42.7 Å². The SMILES string of the molecule is CCS(=O)(=O)N(c1ccc(Oc2cccc(CCCOC3CCN(C(=O)OC(C)(C)C)CC3)c2F)c(-c2cn(C)c(=O)c3[nH]ccc23)c1)S(=O)(=O)CC. The van der Waals surface area contributed by atoms with Crippen LogP contribution in [0.4, 0.5) is 14.9 Å². The molecule has 0 aliphatic carbocycles. The van der Waals surface area contributed by atoms with Crippen LogP contribution in [0.2, 0.25) is 0 Å². The predicted octanol–water partition coefficient (Wildman–Crippen LogP) is 6.32. The first-order chi connectivity index (χ1) is 25.0. The van der Waals surface area contributed by atoms with E-state index in [-0.39, 0.29) is 46.0 Å². The van der Waals surface area contributed by atoms with E-state index >= 15 is 4.39 Å². The molecule has 1 saturated heterocycles. The summed E-state index contributed by atoms with van der Waals surface area (Å²) in [5.41, 5.74) is 0.297. The molecule has 53 heavy (non-hydrogen) atoms. The van der Waals surface area contributed by atoms with Crippen LogP contribution in [-0.4, -0.2) is 80.3 Å². The number of amides is 1. The molecule has 4 aromatic rings.